The number of β-amino-alcohol motifs (C(OH)–C–C–N with tert-alkyl or cyclic N) is 1. The van der Waals surface area contributed by atoms with Gasteiger partial charge in [0, 0.05) is 41.4 Å². The smallest absolute Gasteiger partial charge is 0.115 e. The van der Waals surface area contributed by atoms with Crippen molar-refractivity contribution in [2.24, 2.45) is 0 Å². The molecule has 3 aromatic rings. The van der Waals surface area contributed by atoms with Gasteiger partial charge in [0.1, 0.15) is 5.60 Å². The zero-order valence-electron chi connectivity index (χ0n) is 13.4. The highest BCUT2D eigenvalue weighted by Gasteiger charge is 2.42. The maximum atomic E-state index is 10.7. The lowest BCUT2D eigenvalue weighted by molar-refractivity contribution is -0.107. The van der Waals surface area contributed by atoms with Crippen molar-refractivity contribution in [3.05, 3.63) is 82.1 Å². The molecule has 1 aliphatic heterocycles. The van der Waals surface area contributed by atoms with Gasteiger partial charge in [-0.25, -0.2) is 4.68 Å². The number of aliphatic hydroxyl groups is 1. The van der Waals surface area contributed by atoms with Crippen molar-refractivity contribution in [3.63, 3.8) is 0 Å². The first kappa shape index (κ1) is 16.6. The first-order valence-electron chi connectivity index (χ1n) is 8.02. The number of hydrogen-bond donors (Lipinski definition) is 1. The molecule has 0 aliphatic carbocycles. The highest BCUT2D eigenvalue weighted by molar-refractivity contribution is 6.30. The Morgan fingerprint density at radius 1 is 0.960 bits per heavy atom. The number of rotatable bonds is 4. The second-order valence-electron chi connectivity index (χ2n) is 6.45. The normalized spacial score (nSPS) is 16.6. The minimum absolute atomic E-state index is 0.598. The van der Waals surface area contributed by atoms with E-state index in [2.05, 4.69) is 10.00 Å². The predicted molar refractivity (Wildman–Crippen MR) is 99.2 cm³/mol. The Bertz CT molecular complexity index is 868. The molecule has 0 atom stereocenters. The van der Waals surface area contributed by atoms with Crippen LogP contribution in [0.3, 0.4) is 0 Å². The van der Waals surface area contributed by atoms with E-state index < -0.39 is 5.60 Å². The van der Waals surface area contributed by atoms with E-state index in [1.165, 1.54) is 0 Å². The Hall–Kier alpha value is -1.85. The molecule has 4 rings (SSSR count). The standard InChI is InChI=1S/C19H17Cl2N3O/c20-16-3-1-15(2-4-16)19(25)12-23(13-19)10-14-9-22-24(11-14)18-7-5-17(21)6-8-18/h1-9,11,25H,10,12-13H2. The van der Waals surface area contributed by atoms with Crippen LogP contribution in [-0.4, -0.2) is 32.9 Å². The van der Waals surface area contributed by atoms with Crippen LogP contribution in [-0.2, 0) is 12.1 Å². The van der Waals surface area contributed by atoms with E-state index in [0.29, 0.717) is 23.1 Å². The summed E-state index contributed by atoms with van der Waals surface area (Å²) in [7, 11) is 0. The van der Waals surface area contributed by atoms with Crippen LogP contribution < -0.4 is 0 Å². The second-order valence-corrected chi connectivity index (χ2v) is 7.33. The molecule has 0 radical (unpaired) electrons. The van der Waals surface area contributed by atoms with Gasteiger partial charge in [-0.15, -0.1) is 0 Å². The van der Waals surface area contributed by atoms with Gasteiger partial charge >= 0.3 is 0 Å². The van der Waals surface area contributed by atoms with E-state index in [9.17, 15) is 5.11 Å². The molecule has 1 fully saturated rings. The molecule has 25 heavy (non-hydrogen) atoms. The summed E-state index contributed by atoms with van der Waals surface area (Å²) < 4.78 is 1.83. The Labute approximate surface area is 156 Å². The van der Waals surface area contributed by atoms with Crippen molar-refractivity contribution in [1.82, 2.24) is 14.7 Å². The van der Waals surface area contributed by atoms with Crippen LogP contribution in [0.1, 0.15) is 11.1 Å². The zero-order chi connectivity index (χ0) is 17.4. The van der Waals surface area contributed by atoms with Crippen LogP contribution in [0.5, 0.6) is 0 Å². The molecule has 6 heteroatoms. The number of benzene rings is 2. The van der Waals surface area contributed by atoms with E-state index in [1.54, 1.807) is 0 Å². The third-order valence-electron chi connectivity index (χ3n) is 4.49. The molecule has 1 saturated heterocycles. The van der Waals surface area contributed by atoms with Crippen LogP contribution in [0.4, 0.5) is 0 Å². The topological polar surface area (TPSA) is 41.3 Å². The van der Waals surface area contributed by atoms with Gasteiger partial charge in [0.25, 0.3) is 0 Å². The van der Waals surface area contributed by atoms with Crippen LogP contribution in [0, 0.1) is 0 Å². The molecule has 128 valence electrons. The first-order chi connectivity index (χ1) is 12.0. The van der Waals surface area contributed by atoms with E-state index in [1.807, 2.05) is 65.6 Å². The first-order valence-corrected chi connectivity index (χ1v) is 8.78. The molecular weight excluding hydrogens is 357 g/mol. The molecular formula is C19H17Cl2N3O. The maximum absolute atomic E-state index is 10.7. The third-order valence-corrected chi connectivity index (χ3v) is 4.99. The molecule has 0 amide bonds. The molecule has 0 bridgehead atoms. The maximum Gasteiger partial charge on any atom is 0.115 e. The number of halogens is 2. The van der Waals surface area contributed by atoms with Crippen molar-refractivity contribution in [2.75, 3.05) is 13.1 Å². The molecule has 1 aliphatic rings. The van der Waals surface area contributed by atoms with E-state index >= 15 is 0 Å². The lowest BCUT2D eigenvalue weighted by Gasteiger charge is -2.46. The Morgan fingerprint density at radius 2 is 1.56 bits per heavy atom. The van der Waals surface area contributed by atoms with Gasteiger partial charge in [-0.3, -0.25) is 4.90 Å². The molecule has 0 spiro atoms. The molecule has 1 aromatic heterocycles. The Kier molecular flexibility index (Phi) is 4.29. The minimum Gasteiger partial charge on any atom is -0.382 e. The van der Waals surface area contributed by atoms with Gasteiger partial charge in [-0.1, -0.05) is 35.3 Å². The summed E-state index contributed by atoms with van der Waals surface area (Å²) in [5, 5.41) is 16.5. The van der Waals surface area contributed by atoms with E-state index in [4.69, 9.17) is 23.2 Å². The average Bonchev–Trinajstić information content (AvgIpc) is 3.03. The highest BCUT2D eigenvalue weighted by atomic mass is 35.5. The van der Waals surface area contributed by atoms with Crippen molar-refractivity contribution >= 4 is 23.2 Å². The number of hydrogen-bond acceptors (Lipinski definition) is 3. The molecule has 4 nitrogen and oxygen atoms in total. The van der Waals surface area contributed by atoms with Crippen molar-refractivity contribution < 1.29 is 5.11 Å². The summed E-state index contributed by atoms with van der Waals surface area (Å²) in [6, 6.07) is 15.0. The summed E-state index contributed by atoms with van der Waals surface area (Å²) in [5.41, 5.74) is 2.19. The van der Waals surface area contributed by atoms with Crippen molar-refractivity contribution in [1.29, 1.82) is 0 Å². The Morgan fingerprint density at radius 3 is 2.20 bits per heavy atom. The third kappa shape index (κ3) is 3.44. The van der Waals surface area contributed by atoms with E-state index in [-0.39, 0.29) is 0 Å². The summed E-state index contributed by atoms with van der Waals surface area (Å²) >= 11 is 11.8. The average molecular weight is 374 g/mol. The quantitative estimate of drug-likeness (QED) is 0.754. The molecule has 2 aromatic carbocycles. The monoisotopic (exact) mass is 373 g/mol. The molecule has 1 N–H and O–H groups in total. The number of likely N-dealkylation sites (tertiary alicyclic amines) is 1. The zero-order valence-corrected chi connectivity index (χ0v) is 15.0. The van der Waals surface area contributed by atoms with Crippen molar-refractivity contribution in [2.45, 2.75) is 12.1 Å². The van der Waals surface area contributed by atoms with Crippen molar-refractivity contribution in [3.8, 4) is 5.69 Å². The molecule has 2 heterocycles. The van der Waals surface area contributed by atoms with Gasteiger partial charge in [-0.05, 0) is 42.0 Å². The fraction of sp³-hybridized carbons (Fsp3) is 0.211. The van der Waals surface area contributed by atoms with Crippen LogP contribution in [0.15, 0.2) is 60.9 Å². The molecule has 0 saturated carbocycles. The van der Waals surface area contributed by atoms with Gasteiger partial charge < -0.3 is 5.11 Å². The summed E-state index contributed by atoms with van der Waals surface area (Å²) in [6.07, 6.45) is 3.86. The van der Waals surface area contributed by atoms with Gasteiger partial charge in [-0.2, -0.15) is 5.10 Å². The predicted octanol–water partition coefficient (Wildman–Crippen LogP) is 3.88. The van der Waals surface area contributed by atoms with Gasteiger partial charge in [0.15, 0.2) is 0 Å². The number of nitrogens with zero attached hydrogens (tertiary/aromatic N) is 3. The van der Waals surface area contributed by atoms with E-state index in [0.717, 1.165) is 23.4 Å². The summed E-state index contributed by atoms with van der Waals surface area (Å²) in [5.74, 6) is 0. The van der Waals surface area contributed by atoms with Gasteiger partial charge in [0.2, 0.25) is 0 Å². The highest BCUT2D eigenvalue weighted by Crippen LogP contribution is 2.33. The second kappa shape index (κ2) is 6.46. The lowest BCUT2D eigenvalue weighted by atomic mass is 9.86. The van der Waals surface area contributed by atoms with Gasteiger partial charge in [0.05, 0.1) is 11.9 Å². The SMILES string of the molecule is OC1(c2ccc(Cl)cc2)CN(Cc2cnn(-c3ccc(Cl)cc3)c2)C1. The number of aromatic nitrogens is 2. The van der Waals surface area contributed by atoms with Crippen LogP contribution in [0.2, 0.25) is 10.0 Å². The summed E-state index contributed by atoms with van der Waals surface area (Å²) in [6.45, 7) is 1.95. The molecule has 0 unspecified atom stereocenters. The minimum atomic E-state index is -0.795. The van der Waals surface area contributed by atoms with Crippen LogP contribution >= 0.6 is 23.2 Å². The fourth-order valence-electron chi connectivity index (χ4n) is 3.18. The Balaban J connectivity index is 1.40. The summed E-state index contributed by atoms with van der Waals surface area (Å²) in [4.78, 5) is 2.19. The fourth-order valence-corrected chi connectivity index (χ4v) is 3.43. The largest absolute Gasteiger partial charge is 0.382 e. The lowest BCUT2D eigenvalue weighted by Crippen LogP contribution is -2.58. The van der Waals surface area contributed by atoms with Crippen LogP contribution in [0.25, 0.3) is 5.69 Å².